The maximum Gasteiger partial charge on any atom is 0.271 e. The first kappa shape index (κ1) is 18.5. The Morgan fingerprint density at radius 2 is 2.00 bits per heavy atom. The molecule has 8 heteroatoms. The van der Waals surface area contributed by atoms with Gasteiger partial charge in [-0.3, -0.25) is 9.59 Å². The van der Waals surface area contributed by atoms with E-state index in [0.29, 0.717) is 27.1 Å². The summed E-state index contributed by atoms with van der Waals surface area (Å²) < 4.78 is 11.1. The maximum atomic E-state index is 11.9. The molecule has 0 radical (unpaired) electrons. The number of hydrogen-bond donors (Lipinski definition) is 2. The van der Waals surface area contributed by atoms with Crippen molar-refractivity contribution < 1.29 is 19.1 Å². The number of nitrogens with one attached hydrogen (secondary N) is 1. The van der Waals surface area contributed by atoms with E-state index in [9.17, 15) is 9.59 Å². The molecule has 0 unspecified atom stereocenters. The van der Waals surface area contributed by atoms with Gasteiger partial charge in [0.15, 0.2) is 18.1 Å². The highest BCUT2D eigenvalue weighted by molar-refractivity contribution is 9.10. The van der Waals surface area contributed by atoms with E-state index in [1.165, 1.54) is 13.3 Å². The molecule has 0 atom stereocenters. The van der Waals surface area contributed by atoms with E-state index in [4.69, 9.17) is 15.2 Å². The Morgan fingerprint density at radius 1 is 1.28 bits per heavy atom. The molecular weight excluding hydrogens is 390 g/mol. The van der Waals surface area contributed by atoms with Crippen molar-refractivity contribution in [1.29, 1.82) is 0 Å². The summed E-state index contributed by atoms with van der Waals surface area (Å²) in [4.78, 5) is 22.8. The lowest BCUT2D eigenvalue weighted by atomic mass is 10.2. The summed E-state index contributed by atoms with van der Waals surface area (Å²) in [7, 11) is 1.47. The van der Waals surface area contributed by atoms with Gasteiger partial charge >= 0.3 is 0 Å². The van der Waals surface area contributed by atoms with E-state index in [-0.39, 0.29) is 12.5 Å². The molecule has 130 valence electrons. The van der Waals surface area contributed by atoms with Crippen molar-refractivity contribution in [3.63, 3.8) is 0 Å². The Bertz CT molecular complexity index is 794. The standard InChI is InChI=1S/C17H16BrN3O4/c1-24-14-8-11(7-13(18)16(14)25-10-15(19)22)9-20-21-17(23)12-5-3-2-4-6-12/h2-9H,10H2,1H3,(H2,19,22)(H,21,23)/b20-9+. The molecule has 2 amide bonds. The van der Waals surface area contributed by atoms with E-state index in [1.54, 1.807) is 36.4 Å². The number of hydrogen-bond acceptors (Lipinski definition) is 5. The number of ether oxygens (including phenoxy) is 2. The molecule has 25 heavy (non-hydrogen) atoms. The Hall–Kier alpha value is -2.87. The molecular formula is C17H16BrN3O4. The summed E-state index contributed by atoms with van der Waals surface area (Å²) in [5.74, 6) is -0.161. The summed E-state index contributed by atoms with van der Waals surface area (Å²) in [6.07, 6.45) is 1.46. The van der Waals surface area contributed by atoms with Gasteiger partial charge < -0.3 is 15.2 Å². The number of nitrogens with two attached hydrogens (primary N) is 1. The van der Waals surface area contributed by atoms with Gasteiger partial charge in [0.05, 0.1) is 17.8 Å². The van der Waals surface area contributed by atoms with Crippen LogP contribution < -0.4 is 20.6 Å². The van der Waals surface area contributed by atoms with Crippen LogP contribution in [0.3, 0.4) is 0 Å². The Morgan fingerprint density at radius 3 is 2.64 bits per heavy atom. The number of hydrazone groups is 1. The zero-order valence-corrected chi connectivity index (χ0v) is 14.9. The molecule has 0 saturated heterocycles. The van der Waals surface area contributed by atoms with E-state index in [1.807, 2.05) is 6.07 Å². The van der Waals surface area contributed by atoms with Crippen LogP contribution >= 0.6 is 15.9 Å². The van der Waals surface area contributed by atoms with Crippen LogP contribution in [0, 0.1) is 0 Å². The highest BCUT2D eigenvalue weighted by Gasteiger charge is 2.12. The lowest BCUT2D eigenvalue weighted by Crippen LogP contribution is -2.20. The SMILES string of the molecule is COc1cc(/C=N/NC(=O)c2ccccc2)cc(Br)c1OCC(N)=O. The molecule has 0 aliphatic carbocycles. The summed E-state index contributed by atoms with van der Waals surface area (Å²) >= 11 is 3.34. The fraction of sp³-hybridized carbons (Fsp3) is 0.118. The van der Waals surface area contributed by atoms with Crippen molar-refractivity contribution in [3.05, 3.63) is 58.1 Å². The molecule has 2 rings (SSSR count). The first-order valence-electron chi connectivity index (χ1n) is 7.18. The van der Waals surface area contributed by atoms with Crippen LogP contribution in [0.1, 0.15) is 15.9 Å². The van der Waals surface area contributed by atoms with Gasteiger partial charge in [-0.25, -0.2) is 5.43 Å². The zero-order chi connectivity index (χ0) is 18.2. The number of halogens is 1. The van der Waals surface area contributed by atoms with E-state index < -0.39 is 5.91 Å². The summed E-state index contributed by atoms with van der Waals surface area (Å²) in [5, 5.41) is 3.92. The monoisotopic (exact) mass is 405 g/mol. The molecule has 2 aromatic rings. The molecule has 2 aromatic carbocycles. The number of carbonyl (C=O) groups is 2. The lowest BCUT2D eigenvalue weighted by Gasteiger charge is -2.12. The minimum Gasteiger partial charge on any atom is -0.493 e. The van der Waals surface area contributed by atoms with E-state index >= 15 is 0 Å². The number of carbonyl (C=O) groups excluding carboxylic acids is 2. The van der Waals surface area contributed by atoms with Gasteiger partial charge in [0, 0.05) is 5.56 Å². The number of rotatable bonds is 7. The zero-order valence-electron chi connectivity index (χ0n) is 13.4. The number of benzene rings is 2. The second-order valence-electron chi connectivity index (χ2n) is 4.85. The van der Waals surface area contributed by atoms with Gasteiger partial charge in [0.25, 0.3) is 11.8 Å². The second-order valence-corrected chi connectivity index (χ2v) is 5.71. The first-order valence-corrected chi connectivity index (χ1v) is 7.97. The van der Waals surface area contributed by atoms with Gasteiger partial charge in [0.2, 0.25) is 0 Å². The molecule has 0 bridgehead atoms. The normalized spacial score (nSPS) is 10.5. The largest absolute Gasteiger partial charge is 0.493 e. The molecule has 0 aliphatic heterocycles. The van der Waals surface area contributed by atoms with Gasteiger partial charge in [-0.1, -0.05) is 18.2 Å². The predicted octanol–water partition coefficient (Wildman–Crippen LogP) is 2.09. The predicted molar refractivity (Wildman–Crippen MR) is 96.9 cm³/mol. The number of primary amides is 1. The minimum atomic E-state index is -0.594. The number of amides is 2. The third-order valence-electron chi connectivity index (χ3n) is 3.03. The molecule has 7 nitrogen and oxygen atoms in total. The quantitative estimate of drug-likeness (QED) is 0.543. The highest BCUT2D eigenvalue weighted by atomic mass is 79.9. The Balaban J connectivity index is 2.10. The highest BCUT2D eigenvalue weighted by Crippen LogP contribution is 2.36. The topological polar surface area (TPSA) is 103 Å². The first-order chi connectivity index (χ1) is 12.0. The second kappa shape index (κ2) is 8.84. The van der Waals surface area contributed by atoms with Crippen molar-refractivity contribution in [3.8, 4) is 11.5 Å². The van der Waals surface area contributed by atoms with Crippen LogP contribution in [0.2, 0.25) is 0 Å². The van der Waals surface area contributed by atoms with Crippen molar-refractivity contribution in [1.82, 2.24) is 5.43 Å². The van der Waals surface area contributed by atoms with Gasteiger partial charge in [0.1, 0.15) is 0 Å². The fourth-order valence-corrected chi connectivity index (χ4v) is 2.49. The minimum absolute atomic E-state index is 0.268. The molecule has 0 fully saturated rings. The van der Waals surface area contributed by atoms with Crippen LogP contribution in [-0.2, 0) is 4.79 Å². The molecule has 0 saturated carbocycles. The van der Waals surface area contributed by atoms with Crippen molar-refractivity contribution in [2.24, 2.45) is 10.8 Å². The molecule has 0 aromatic heterocycles. The number of nitrogens with zero attached hydrogens (tertiary/aromatic N) is 1. The summed E-state index contributed by atoms with van der Waals surface area (Å²) in [6.45, 7) is -0.268. The summed E-state index contributed by atoms with van der Waals surface area (Å²) in [5.41, 5.74) is 8.68. The van der Waals surface area contributed by atoms with Crippen LogP contribution in [0.4, 0.5) is 0 Å². The molecule has 0 spiro atoms. The third kappa shape index (κ3) is 5.32. The molecule has 0 heterocycles. The lowest BCUT2D eigenvalue weighted by molar-refractivity contribution is -0.119. The Kier molecular flexibility index (Phi) is 6.53. The van der Waals surface area contributed by atoms with Crippen molar-refractivity contribution >= 4 is 34.0 Å². The Labute approximate surface area is 152 Å². The van der Waals surface area contributed by atoms with Crippen LogP contribution in [0.5, 0.6) is 11.5 Å². The fourth-order valence-electron chi connectivity index (χ4n) is 1.92. The average Bonchev–Trinajstić information content (AvgIpc) is 2.60. The van der Waals surface area contributed by atoms with Crippen LogP contribution in [0.15, 0.2) is 52.0 Å². The van der Waals surface area contributed by atoms with Crippen molar-refractivity contribution in [2.75, 3.05) is 13.7 Å². The van der Waals surface area contributed by atoms with E-state index in [0.717, 1.165) is 0 Å². The van der Waals surface area contributed by atoms with Gasteiger partial charge in [-0.05, 0) is 45.8 Å². The average molecular weight is 406 g/mol. The van der Waals surface area contributed by atoms with E-state index in [2.05, 4.69) is 26.5 Å². The smallest absolute Gasteiger partial charge is 0.271 e. The van der Waals surface area contributed by atoms with Crippen LogP contribution in [0.25, 0.3) is 0 Å². The molecule has 0 aliphatic rings. The third-order valence-corrected chi connectivity index (χ3v) is 3.62. The summed E-state index contributed by atoms with van der Waals surface area (Å²) in [6, 6.07) is 12.1. The number of methoxy groups -OCH3 is 1. The van der Waals surface area contributed by atoms with Crippen molar-refractivity contribution in [2.45, 2.75) is 0 Å². The van der Waals surface area contributed by atoms with Gasteiger partial charge in [-0.2, -0.15) is 5.10 Å². The molecule has 3 N–H and O–H groups in total. The van der Waals surface area contributed by atoms with Crippen LogP contribution in [-0.4, -0.2) is 31.7 Å². The maximum absolute atomic E-state index is 11.9. The van der Waals surface area contributed by atoms with Gasteiger partial charge in [-0.15, -0.1) is 0 Å².